The van der Waals surface area contributed by atoms with Crippen LogP contribution >= 0.6 is 0 Å². The molecule has 2 aromatic rings. The monoisotopic (exact) mass is 272 g/mol. The average molecular weight is 272 g/mol. The Morgan fingerprint density at radius 3 is 2.75 bits per heavy atom. The molecule has 2 atom stereocenters. The van der Waals surface area contributed by atoms with Gasteiger partial charge in [-0.05, 0) is 43.2 Å². The molecule has 4 heteroatoms. The fraction of sp³-hybridized carbons (Fsp3) is 0.312. The van der Waals surface area contributed by atoms with Crippen molar-refractivity contribution in [2.75, 3.05) is 6.61 Å². The van der Waals surface area contributed by atoms with E-state index in [-0.39, 0.29) is 11.9 Å². The maximum Gasteiger partial charge on any atom is 0.132 e. The van der Waals surface area contributed by atoms with Crippen molar-refractivity contribution in [3.8, 4) is 17.0 Å². The second kappa shape index (κ2) is 5.21. The van der Waals surface area contributed by atoms with Crippen LogP contribution in [-0.4, -0.2) is 17.6 Å². The van der Waals surface area contributed by atoms with Gasteiger partial charge in [0.2, 0.25) is 0 Å². The molecule has 1 aliphatic rings. The lowest BCUT2D eigenvalue weighted by Crippen LogP contribution is -2.01. The van der Waals surface area contributed by atoms with Gasteiger partial charge >= 0.3 is 0 Å². The summed E-state index contributed by atoms with van der Waals surface area (Å²) in [5.74, 6) is 0.770. The molecule has 1 saturated carbocycles. The molecule has 3 rings (SSSR count). The third-order valence-corrected chi connectivity index (χ3v) is 3.58. The van der Waals surface area contributed by atoms with Crippen LogP contribution in [0.25, 0.3) is 11.3 Å². The second-order valence-corrected chi connectivity index (χ2v) is 5.06. The summed E-state index contributed by atoms with van der Waals surface area (Å²) >= 11 is 0. The minimum absolute atomic E-state index is 0.251. The van der Waals surface area contributed by atoms with Crippen molar-refractivity contribution < 1.29 is 9.13 Å². The van der Waals surface area contributed by atoms with Gasteiger partial charge in [-0.15, -0.1) is 0 Å². The zero-order chi connectivity index (χ0) is 14.1. The van der Waals surface area contributed by atoms with Crippen LogP contribution in [0.3, 0.4) is 0 Å². The molecule has 0 radical (unpaired) electrons. The number of benzene rings is 1. The molecule has 104 valence electrons. The third-order valence-electron chi connectivity index (χ3n) is 3.58. The fourth-order valence-electron chi connectivity index (χ4n) is 2.34. The molecule has 20 heavy (non-hydrogen) atoms. The van der Waals surface area contributed by atoms with Gasteiger partial charge in [0.15, 0.2) is 0 Å². The molecule has 0 amide bonds. The molecule has 1 aromatic heterocycles. The second-order valence-electron chi connectivity index (χ2n) is 5.06. The summed E-state index contributed by atoms with van der Waals surface area (Å²) in [5.41, 5.74) is 8.02. The summed E-state index contributed by atoms with van der Waals surface area (Å²) in [4.78, 5) is 4.36. The van der Waals surface area contributed by atoms with Gasteiger partial charge in [0, 0.05) is 23.7 Å². The number of rotatable bonds is 4. The molecule has 1 aliphatic carbocycles. The van der Waals surface area contributed by atoms with Crippen LogP contribution in [0, 0.1) is 5.82 Å². The van der Waals surface area contributed by atoms with E-state index in [1.54, 1.807) is 18.3 Å². The smallest absolute Gasteiger partial charge is 0.132 e. The summed E-state index contributed by atoms with van der Waals surface area (Å²) in [6, 6.07) is 8.79. The highest BCUT2D eigenvalue weighted by molar-refractivity contribution is 5.62. The minimum Gasteiger partial charge on any atom is -0.494 e. The zero-order valence-electron chi connectivity index (χ0n) is 11.3. The maximum atomic E-state index is 13.9. The molecule has 0 saturated heterocycles. The van der Waals surface area contributed by atoms with E-state index in [2.05, 4.69) is 4.98 Å². The highest BCUT2D eigenvalue weighted by Gasteiger charge is 2.34. The van der Waals surface area contributed by atoms with Gasteiger partial charge in [-0.1, -0.05) is 6.07 Å². The molecule has 0 bridgehead atoms. The predicted molar refractivity (Wildman–Crippen MR) is 76.1 cm³/mol. The first-order valence-electron chi connectivity index (χ1n) is 6.83. The van der Waals surface area contributed by atoms with E-state index in [1.165, 1.54) is 6.07 Å². The van der Waals surface area contributed by atoms with Crippen LogP contribution < -0.4 is 10.5 Å². The Balaban J connectivity index is 1.89. The van der Waals surface area contributed by atoms with Crippen LogP contribution in [0.5, 0.6) is 5.75 Å². The number of ether oxygens (including phenoxy) is 1. The Labute approximate surface area is 117 Å². The van der Waals surface area contributed by atoms with E-state index in [1.807, 2.05) is 19.1 Å². The van der Waals surface area contributed by atoms with Crippen LogP contribution in [0.2, 0.25) is 0 Å². The largest absolute Gasteiger partial charge is 0.494 e. The van der Waals surface area contributed by atoms with Crippen molar-refractivity contribution in [3.05, 3.63) is 47.9 Å². The summed E-state index contributed by atoms with van der Waals surface area (Å²) in [6.07, 6.45) is 2.80. The molecule has 1 fully saturated rings. The molecular weight excluding hydrogens is 255 g/mol. The van der Waals surface area contributed by atoms with Gasteiger partial charge in [0.25, 0.3) is 0 Å². The zero-order valence-corrected chi connectivity index (χ0v) is 11.3. The number of hydrogen-bond donors (Lipinski definition) is 1. The van der Waals surface area contributed by atoms with E-state index < -0.39 is 0 Å². The van der Waals surface area contributed by atoms with Crippen LogP contribution in [0.15, 0.2) is 36.5 Å². The molecule has 3 nitrogen and oxygen atoms in total. The van der Waals surface area contributed by atoms with Gasteiger partial charge in [0.1, 0.15) is 11.6 Å². The summed E-state index contributed by atoms with van der Waals surface area (Å²) < 4.78 is 19.3. The van der Waals surface area contributed by atoms with E-state index in [9.17, 15) is 4.39 Å². The number of nitrogens with zero attached hydrogens (tertiary/aromatic N) is 1. The van der Waals surface area contributed by atoms with Crippen LogP contribution in [0.4, 0.5) is 4.39 Å². The predicted octanol–water partition coefficient (Wildman–Crippen LogP) is 3.10. The Kier molecular flexibility index (Phi) is 3.40. The van der Waals surface area contributed by atoms with Gasteiger partial charge in [-0.25, -0.2) is 4.39 Å². The van der Waals surface area contributed by atoms with Crippen molar-refractivity contribution >= 4 is 0 Å². The summed E-state index contributed by atoms with van der Waals surface area (Å²) in [7, 11) is 0. The SMILES string of the molecule is CCOc1ccc(F)c(-c2ccc(C3CC3N)cn2)c1. The fourth-order valence-corrected chi connectivity index (χ4v) is 2.34. The number of aromatic nitrogens is 1. The maximum absolute atomic E-state index is 13.9. The van der Waals surface area contributed by atoms with Crippen molar-refractivity contribution in [1.29, 1.82) is 0 Å². The standard InChI is InChI=1S/C16H17FN2O/c1-2-20-11-4-5-14(17)13(7-11)16-6-3-10(9-19-16)12-8-15(12)18/h3-7,9,12,15H,2,8,18H2,1H3. The quantitative estimate of drug-likeness (QED) is 0.930. The van der Waals surface area contributed by atoms with Crippen LogP contribution in [0.1, 0.15) is 24.8 Å². The summed E-state index contributed by atoms with van der Waals surface area (Å²) in [5, 5.41) is 0. The average Bonchev–Trinajstić information content (AvgIpc) is 3.19. The molecular formula is C16H17FN2O. The summed E-state index contributed by atoms with van der Waals surface area (Å²) in [6.45, 7) is 2.45. The van der Waals surface area contributed by atoms with E-state index >= 15 is 0 Å². The van der Waals surface area contributed by atoms with Gasteiger partial charge < -0.3 is 10.5 Å². The van der Waals surface area contributed by atoms with Crippen molar-refractivity contribution in [2.45, 2.75) is 25.3 Å². The Morgan fingerprint density at radius 2 is 2.15 bits per heavy atom. The molecule has 0 aliphatic heterocycles. The Bertz CT molecular complexity index is 612. The van der Waals surface area contributed by atoms with Gasteiger partial charge in [-0.3, -0.25) is 4.98 Å². The molecule has 0 spiro atoms. The number of pyridine rings is 1. The highest BCUT2D eigenvalue weighted by Crippen LogP contribution is 2.39. The highest BCUT2D eigenvalue weighted by atomic mass is 19.1. The molecule has 1 heterocycles. The Morgan fingerprint density at radius 1 is 1.35 bits per heavy atom. The number of hydrogen-bond acceptors (Lipinski definition) is 3. The van der Waals surface area contributed by atoms with Gasteiger partial charge in [0.05, 0.1) is 12.3 Å². The molecule has 2 unspecified atom stereocenters. The Hall–Kier alpha value is -1.94. The third kappa shape index (κ3) is 2.51. The van der Waals surface area contributed by atoms with Crippen molar-refractivity contribution in [2.24, 2.45) is 5.73 Å². The lowest BCUT2D eigenvalue weighted by Gasteiger charge is -2.08. The van der Waals surface area contributed by atoms with E-state index in [0.29, 0.717) is 29.5 Å². The first-order valence-corrected chi connectivity index (χ1v) is 6.83. The molecule has 1 aromatic carbocycles. The number of nitrogens with two attached hydrogens (primary N) is 1. The first kappa shape index (κ1) is 13.1. The van der Waals surface area contributed by atoms with Gasteiger partial charge in [-0.2, -0.15) is 0 Å². The van der Waals surface area contributed by atoms with Crippen molar-refractivity contribution in [3.63, 3.8) is 0 Å². The van der Waals surface area contributed by atoms with Crippen LogP contribution in [-0.2, 0) is 0 Å². The minimum atomic E-state index is -0.295. The van der Waals surface area contributed by atoms with E-state index in [4.69, 9.17) is 10.5 Å². The topological polar surface area (TPSA) is 48.1 Å². The number of halogens is 1. The molecule has 2 N–H and O–H groups in total. The lowest BCUT2D eigenvalue weighted by atomic mass is 10.1. The first-order chi connectivity index (χ1) is 9.69. The van der Waals surface area contributed by atoms with E-state index in [0.717, 1.165) is 12.0 Å². The lowest BCUT2D eigenvalue weighted by molar-refractivity contribution is 0.340. The van der Waals surface area contributed by atoms with Crippen molar-refractivity contribution in [1.82, 2.24) is 4.98 Å². The normalized spacial score (nSPS) is 20.8.